The van der Waals surface area contributed by atoms with Crippen molar-refractivity contribution >= 4 is 23.2 Å². The number of alkyl halides is 1. The molecule has 3 heteroatoms. The van der Waals surface area contributed by atoms with Crippen molar-refractivity contribution < 1.29 is 4.79 Å². The number of rotatable bonds is 4. The van der Waals surface area contributed by atoms with Crippen LogP contribution in [0.2, 0.25) is 0 Å². The van der Waals surface area contributed by atoms with E-state index in [4.69, 9.17) is 11.6 Å². The van der Waals surface area contributed by atoms with Crippen LogP contribution in [0.15, 0.2) is 24.3 Å². The zero-order valence-corrected chi connectivity index (χ0v) is 10.7. The summed E-state index contributed by atoms with van der Waals surface area (Å²) in [4.78, 5) is 14.1. The minimum absolute atomic E-state index is 0.238. The van der Waals surface area contributed by atoms with Gasteiger partial charge in [-0.05, 0) is 37.3 Å². The molecule has 0 unspecified atom stereocenters. The Bertz CT molecular complexity index is 392. The first-order valence-electron chi connectivity index (χ1n) is 6.27. The molecule has 0 bridgehead atoms. The third-order valence-electron chi connectivity index (χ3n) is 3.19. The molecule has 0 aromatic heterocycles. The SMILES string of the molecule is O=C(CCCCCl)N1CCCc2ccccc21. The number of hydrogen-bond acceptors (Lipinski definition) is 1. The predicted molar refractivity (Wildman–Crippen MR) is 71.7 cm³/mol. The molecule has 1 amide bonds. The highest BCUT2D eigenvalue weighted by Gasteiger charge is 2.21. The zero-order chi connectivity index (χ0) is 12.1. The maximum Gasteiger partial charge on any atom is 0.226 e. The smallest absolute Gasteiger partial charge is 0.226 e. The van der Waals surface area contributed by atoms with E-state index in [1.54, 1.807) is 0 Å². The summed E-state index contributed by atoms with van der Waals surface area (Å²) in [5.41, 5.74) is 2.40. The molecular formula is C14H18ClNO. The summed E-state index contributed by atoms with van der Waals surface area (Å²) in [6, 6.07) is 8.21. The zero-order valence-electron chi connectivity index (χ0n) is 9.99. The Balaban J connectivity index is 2.05. The van der Waals surface area contributed by atoms with Crippen LogP contribution in [0.3, 0.4) is 0 Å². The van der Waals surface area contributed by atoms with Crippen molar-refractivity contribution in [1.29, 1.82) is 0 Å². The number of amides is 1. The first kappa shape index (κ1) is 12.4. The Morgan fingerprint density at radius 3 is 2.94 bits per heavy atom. The number of hydrogen-bond donors (Lipinski definition) is 0. The molecule has 1 heterocycles. The van der Waals surface area contributed by atoms with Crippen molar-refractivity contribution in [3.63, 3.8) is 0 Å². The lowest BCUT2D eigenvalue weighted by molar-refractivity contribution is -0.118. The van der Waals surface area contributed by atoms with Gasteiger partial charge in [-0.25, -0.2) is 0 Å². The van der Waals surface area contributed by atoms with E-state index in [1.165, 1.54) is 5.56 Å². The quantitative estimate of drug-likeness (QED) is 0.594. The van der Waals surface area contributed by atoms with E-state index >= 15 is 0 Å². The molecule has 0 spiro atoms. The topological polar surface area (TPSA) is 20.3 Å². The fourth-order valence-electron chi connectivity index (χ4n) is 2.30. The molecule has 0 N–H and O–H groups in total. The number of aryl methyl sites for hydroxylation is 1. The second-order valence-corrected chi connectivity index (χ2v) is 4.80. The highest BCUT2D eigenvalue weighted by Crippen LogP contribution is 2.27. The number of para-hydroxylation sites is 1. The van der Waals surface area contributed by atoms with Crippen LogP contribution in [0.25, 0.3) is 0 Å². The van der Waals surface area contributed by atoms with E-state index in [2.05, 4.69) is 6.07 Å². The first-order chi connectivity index (χ1) is 8.33. The summed E-state index contributed by atoms with van der Waals surface area (Å²) >= 11 is 5.63. The number of nitrogens with zero attached hydrogens (tertiary/aromatic N) is 1. The summed E-state index contributed by atoms with van der Waals surface area (Å²) in [6.45, 7) is 0.858. The number of benzene rings is 1. The van der Waals surface area contributed by atoms with Crippen molar-refractivity contribution in [2.75, 3.05) is 17.3 Å². The third-order valence-corrected chi connectivity index (χ3v) is 3.45. The van der Waals surface area contributed by atoms with Gasteiger partial charge in [0.1, 0.15) is 0 Å². The van der Waals surface area contributed by atoms with Gasteiger partial charge in [0.05, 0.1) is 0 Å². The van der Waals surface area contributed by atoms with Gasteiger partial charge in [-0.15, -0.1) is 11.6 Å². The second kappa shape index (κ2) is 6.06. The number of unbranched alkanes of at least 4 members (excludes halogenated alkanes) is 1. The van der Waals surface area contributed by atoms with Crippen LogP contribution in [0.5, 0.6) is 0 Å². The molecule has 92 valence electrons. The van der Waals surface area contributed by atoms with Gasteiger partial charge in [0, 0.05) is 24.5 Å². The Morgan fingerprint density at radius 2 is 2.12 bits per heavy atom. The molecule has 1 aliphatic rings. The van der Waals surface area contributed by atoms with E-state index in [0.717, 1.165) is 37.9 Å². The minimum atomic E-state index is 0.238. The summed E-state index contributed by atoms with van der Waals surface area (Å²) < 4.78 is 0. The largest absolute Gasteiger partial charge is 0.312 e. The lowest BCUT2D eigenvalue weighted by Gasteiger charge is -2.29. The lowest BCUT2D eigenvalue weighted by Crippen LogP contribution is -2.35. The molecule has 2 rings (SSSR count). The van der Waals surface area contributed by atoms with Crippen molar-refractivity contribution in [1.82, 2.24) is 0 Å². The number of fused-ring (bicyclic) bond motifs is 1. The molecule has 0 saturated carbocycles. The number of anilines is 1. The van der Waals surface area contributed by atoms with Crippen LogP contribution >= 0.6 is 11.6 Å². The average Bonchev–Trinajstić information content (AvgIpc) is 2.38. The normalized spacial score (nSPS) is 14.5. The lowest BCUT2D eigenvalue weighted by atomic mass is 10.0. The first-order valence-corrected chi connectivity index (χ1v) is 6.80. The van der Waals surface area contributed by atoms with Gasteiger partial charge in [-0.2, -0.15) is 0 Å². The van der Waals surface area contributed by atoms with Crippen LogP contribution in [0.1, 0.15) is 31.2 Å². The van der Waals surface area contributed by atoms with Crippen molar-refractivity contribution in [3.8, 4) is 0 Å². The monoisotopic (exact) mass is 251 g/mol. The summed E-state index contributed by atoms with van der Waals surface area (Å²) in [6.07, 6.45) is 4.57. The summed E-state index contributed by atoms with van der Waals surface area (Å²) in [5.74, 6) is 0.881. The maximum absolute atomic E-state index is 12.1. The molecule has 2 nitrogen and oxygen atoms in total. The fourth-order valence-corrected chi connectivity index (χ4v) is 2.49. The standard InChI is InChI=1S/C14H18ClNO/c15-10-4-3-9-14(17)16-11-5-7-12-6-1-2-8-13(12)16/h1-2,6,8H,3-5,7,9-11H2. The van der Waals surface area contributed by atoms with Crippen molar-refractivity contribution in [2.45, 2.75) is 32.1 Å². The van der Waals surface area contributed by atoms with Gasteiger partial charge < -0.3 is 4.90 Å². The van der Waals surface area contributed by atoms with Gasteiger partial charge in [-0.3, -0.25) is 4.79 Å². The van der Waals surface area contributed by atoms with Crippen LogP contribution in [0, 0.1) is 0 Å². The van der Waals surface area contributed by atoms with Crippen LogP contribution < -0.4 is 4.90 Å². The van der Waals surface area contributed by atoms with E-state index in [0.29, 0.717) is 12.3 Å². The van der Waals surface area contributed by atoms with E-state index in [1.807, 2.05) is 23.1 Å². The van der Waals surface area contributed by atoms with Crippen LogP contribution in [-0.4, -0.2) is 18.3 Å². The van der Waals surface area contributed by atoms with E-state index in [9.17, 15) is 4.79 Å². The molecule has 1 aromatic carbocycles. The van der Waals surface area contributed by atoms with Crippen LogP contribution in [0.4, 0.5) is 5.69 Å². The molecule has 17 heavy (non-hydrogen) atoms. The second-order valence-electron chi connectivity index (χ2n) is 4.42. The molecule has 0 aliphatic carbocycles. The van der Waals surface area contributed by atoms with Crippen LogP contribution in [-0.2, 0) is 11.2 Å². The Hall–Kier alpha value is -1.02. The van der Waals surface area contributed by atoms with Gasteiger partial charge in [0.15, 0.2) is 0 Å². The summed E-state index contributed by atoms with van der Waals surface area (Å²) in [5, 5.41) is 0. The van der Waals surface area contributed by atoms with Gasteiger partial charge >= 0.3 is 0 Å². The number of carbonyl (C=O) groups excluding carboxylic acids is 1. The molecule has 0 radical (unpaired) electrons. The third kappa shape index (κ3) is 3.01. The predicted octanol–water partition coefficient (Wildman–Crippen LogP) is 3.37. The molecular weight excluding hydrogens is 234 g/mol. The van der Waals surface area contributed by atoms with Gasteiger partial charge in [-0.1, -0.05) is 18.2 Å². The highest BCUT2D eigenvalue weighted by atomic mass is 35.5. The molecule has 1 aromatic rings. The number of carbonyl (C=O) groups is 1. The van der Waals surface area contributed by atoms with E-state index in [-0.39, 0.29) is 5.91 Å². The minimum Gasteiger partial charge on any atom is -0.312 e. The van der Waals surface area contributed by atoms with Gasteiger partial charge in [0.25, 0.3) is 0 Å². The Labute approximate surface area is 108 Å². The maximum atomic E-state index is 12.1. The summed E-state index contributed by atoms with van der Waals surface area (Å²) in [7, 11) is 0. The van der Waals surface area contributed by atoms with E-state index < -0.39 is 0 Å². The Morgan fingerprint density at radius 1 is 1.29 bits per heavy atom. The molecule has 1 aliphatic heterocycles. The molecule has 0 atom stereocenters. The molecule has 0 saturated heterocycles. The Kier molecular flexibility index (Phi) is 4.43. The average molecular weight is 252 g/mol. The molecule has 0 fully saturated rings. The number of halogens is 1. The van der Waals surface area contributed by atoms with Crippen molar-refractivity contribution in [2.24, 2.45) is 0 Å². The highest BCUT2D eigenvalue weighted by molar-refractivity contribution is 6.17. The fraction of sp³-hybridized carbons (Fsp3) is 0.500. The van der Waals surface area contributed by atoms with Crippen molar-refractivity contribution in [3.05, 3.63) is 29.8 Å². The van der Waals surface area contributed by atoms with Gasteiger partial charge in [0.2, 0.25) is 5.91 Å².